The SMILES string of the molecule is Cc1cc(CO)oc1C(=O)Nc1ccc(-n2cnc(C)c2C)cc1.O=C(O)C(F)(F)F. The highest BCUT2D eigenvalue weighted by Crippen LogP contribution is 2.19. The zero-order valence-corrected chi connectivity index (χ0v) is 16.8. The number of aryl methyl sites for hydroxylation is 2. The maximum Gasteiger partial charge on any atom is 0.490 e. The van der Waals surface area contributed by atoms with Crippen LogP contribution < -0.4 is 5.32 Å². The fourth-order valence-corrected chi connectivity index (χ4v) is 2.50. The Bertz CT molecular complexity index is 1070. The number of furan rings is 1. The second-order valence-electron chi connectivity index (χ2n) is 6.47. The molecule has 3 aromatic rings. The quantitative estimate of drug-likeness (QED) is 0.570. The normalized spacial score (nSPS) is 10.9. The van der Waals surface area contributed by atoms with E-state index in [2.05, 4.69) is 10.3 Å². The summed E-state index contributed by atoms with van der Waals surface area (Å²) in [6.45, 7) is 5.51. The maximum absolute atomic E-state index is 12.3. The number of rotatable bonds is 4. The van der Waals surface area contributed by atoms with Crippen molar-refractivity contribution in [1.29, 1.82) is 0 Å². The summed E-state index contributed by atoms with van der Waals surface area (Å²) in [5.74, 6) is -2.51. The number of nitrogens with zero attached hydrogens (tertiary/aromatic N) is 2. The molecule has 31 heavy (non-hydrogen) atoms. The summed E-state index contributed by atoms with van der Waals surface area (Å²) in [5.41, 5.74) is 4.40. The average Bonchev–Trinajstić information content (AvgIpc) is 3.24. The molecule has 0 bridgehead atoms. The topological polar surface area (TPSA) is 118 Å². The summed E-state index contributed by atoms with van der Waals surface area (Å²) in [6, 6.07) is 9.14. The van der Waals surface area contributed by atoms with E-state index in [0.29, 0.717) is 17.0 Å². The summed E-state index contributed by atoms with van der Waals surface area (Å²) >= 11 is 0. The van der Waals surface area contributed by atoms with Gasteiger partial charge in [-0.25, -0.2) is 9.78 Å². The monoisotopic (exact) mass is 439 g/mol. The van der Waals surface area contributed by atoms with Gasteiger partial charge in [-0.1, -0.05) is 0 Å². The van der Waals surface area contributed by atoms with Crippen LogP contribution in [0, 0.1) is 20.8 Å². The molecule has 2 aromatic heterocycles. The van der Waals surface area contributed by atoms with E-state index in [1.165, 1.54) is 0 Å². The van der Waals surface area contributed by atoms with Gasteiger partial charge in [0.2, 0.25) is 0 Å². The average molecular weight is 439 g/mol. The lowest BCUT2D eigenvalue weighted by molar-refractivity contribution is -0.192. The van der Waals surface area contributed by atoms with Crippen LogP contribution in [0.3, 0.4) is 0 Å². The first kappa shape index (κ1) is 23.7. The molecule has 0 radical (unpaired) electrons. The number of anilines is 1. The van der Waals surface area contributed by atoms with E-state index in [0.717, 1.165) is 17.1 Å². The highest BCUT2D eigenvalue weighted by Gasteiger charge is 2.38. The highest BCUT2D eigenvalue weighted by atomic mass is 19.4. The number of hydrogen-bond acceptors (Lipinski definition) is 5. The van der Waals surface area contributed by atoms with Crippen molar-refractivity contribution in [2.45, 2.75) is 33.6 Å². The van der Waals surface area contributed by atoms with Crippen molar-refractivity contribution in [3.63, 3.8) is 0 Å². The first-order valence-corrected chi connectivity index (χ1v) is 8.86. The Kier molecular flexibility index (Phi) is 7.24. The van der Waals surface area contributed by atoms with Gasteiger partial charge in [-0.15, -0.1) is 0 Å². The van der Waals surface area contributed by atoms with Crippen molar-refractivity contribution >= 4 is 17.6 Å². The number of carbonyl (C=O) groups excluding carboxylic acids is 1. The molecule has 1 amide bonds. The number of aliphatic hydroxyl groups is 1. The van der Waals surface area contributed by atoms with E-state index in [-0.39, 0.29) is 18.3 Å². The number of carboxylic acids is 1. The number of carboxylic acid groups (broad SMARTS) is 1. The second kappa shape index (κ2) is 9.47. The smallest absolute Gasteiger partial charge is 0.475 e. The van der Waals surface area contributed by atoms with Crippen LogP contribution in [0.25, 0.3) is 5.69 Å². The largest absolute Gasteiger partial charge is 0.490 e. The van der Waals surface area contributed by atoms with E-state index in [1.54, 1.807) is 19.3 Å². The number of hydrogen-bond donors (Lipinski definition) is 3. The van der Waals surface area contributed by atoms with Crippen molar-refractivity contribution in [3.05, 3.63) is 65.1 Å². The second-order valence-corrected chi connectivity index (χ2v) is 6.47. The van der Waals surface area contributed by atoms with E-state index in [1.807, 2.05) is 42.7 Å². The third kappa shape index (κ3) is 5.95. The molecule has 0 spiro atoms. The van der Waals surface area contributed by atoms with Crippen molar-refractivity contribution in [2.75, 3.05) is 5.32 Å². The number of aromatic nitrogens is 2. The summed E-state index contributed by atoms with van der Waals surface area (Å²) in [5, 5.41) is 19.0. The summed E-state index contributed by atoms with van der Waals surface area (Å²) in [4.78, 5) is 25.5. The highest BCUT2D eigenvalue weighted by molar-refractivity contribution is 6.03. The third-order valence-electron chi connectivity index (χ3n) is 4.23. The number of amides is 1. The van der Waals surface area contributed by atoms with E-state index >= 15 is 0 Å². The van der Waals surface area contributed by atoms with Crippen LogP contribution >= 0.6 is 0 Å². The molecule has 3 N–H and O–H groups in total. The fraction of sp³-hybridized carbons (Fsp3) is 0.250. The molecule has 0 saturated heterocycles. The summed E-state index contributed by atoms with van der Waals surface area (Å²) in [6.07, 6.45) is -3.30. The molecule has 166 valence electrons. The molecule has 0 aliphatic carbocycles. The minimum absolute atomic E-state index is 0.212. The van der Waals surface area contributed by atoms with Crippen molar-refractivity contribution in [3.8, 4) is 5.69 Å². The number of alkyl halides is 3. The van der Waals surface area contributed by atoms with Crippen molar-refractivity contribution < 1.29 is 37.4 Å². The van der Waals surface area contributed by atoms with Crippen molar-refractivity contribution in [1.82, 2.24) is 9.55 Å². The van der Waals surface area contributed by atoms with Gasteiger partial charge in [0, 0.05) is 22.6 Å². The molecule has 0 unspecified atom stereocenters. The molecule has 3 rings (SSSR count). The molecule has 0 aliphatic rings. The molecule has 0 atom stereocenters. The number of aliphatic hydroxyl groups excluding tert-OH is 1. The third-order valence-corrected chi connectivity index (χ3v) is 4.23. The van der Waals surface area contributed by atoms with Gasteiger partial charge in [0.25, 0.3) is 5.91 Å². The standard InChI is InChI=1S/C18H19N3O3.C2HF3O2/c1-11-8-16(9-22)24-17(11)18(23)20-14-4-6-15(7-5-14)21-10-19-12(2)13(21)3;3-2(4,5)1(6)7/h4-8,10,22H,9H2,1-3H3,(H,20,23);(H,6,7). The number of aliphatic carboxylic acids is 1. The summed E-state index contributed by atoms with van der Waals surface area (Å²) < 4.78 is 39.1. The summed E-state index contributed by atoms with van der Waals surface area (Å²) in [7, 11) is 0. The Morgan fingerprint density at radius 2 is 1.74 bits per heavy atom. The number of benzene rings is 1. The Morgan fingerprint density at radius 1 is 1.16 bits per heavy atom. The molecular weight excluding hydrogens is 419 g/mol. The van der Waals surface area contributed by atoms with Gasteiger partial charge in [0.15, 0.2) is 5.76 Å². The Morgan fingerprint density at radius 3 is 2.16 bits per heavy atom. The van der Waals surface area contributed by atoms with Gasteiger partial charge in [-0.05, 0) is 51.1 Å². The number of nitrogens with one attached hydrogen (secondary N) is 1. The fourth-order valence-electron chi connectivity index (χ4n) is 2.50. The zero-order chi connectivity index (χ0) is 23.3. The number of halogens is 3. The van der Waals surface area contributed by atoms with Crippen LogP contribution in [0.4, 0.5) is 18.9 Å². The molecule has 8 nitrogen and oxygen atoms in total. The minimum atomic E-state index is -5.08. The minimum Gasteiger partial charge on any atom is -0.475 e. The van der Waals surface area contributed by atoms with E-state index in [9.17, 15) is 18.0 Å². The molecule has 0 fully saturated rings. The lowest BCUT2D eigenvalue weighted by Gasteiger charge is -2.08. The van der Waals surface area contributed by atoms with E-state index < -0.39 is 12.1 Å². The van der Waals surface area contributed by atoms with Crippen LogP contribution in [0.5, 0.6) is 0 Å². The Balaban J connectivity index is 0.000000423. The molecule has 0 aliphatic heterocycles. The predicted molar refractivity (Wildman–Crippen MR) is 104 cm³/mol. The number of imidazole rings is 1. The van der Waals surface area contributed by atoms with Crippen LogP contribution in [-0.2, 0) is 11.4 Å². The molecule has 2 heterocycles. The molecule has 11 heteroatoms. The zero-order valence-electron chi connectivity index (χ0n) is 16.8. The van der Waals surface area contributed by atoms with Crippen LogP contribution in [-0.4, -0.2) is 37.8 Å². The Labute approximate surface area is 174 Å². The number of carbonyl (C=O) groups is 2. The van der Waals surface area contributed by atoms with Gasteiger partial charge in [0.1, 0.15) is 12.4 Å². The predicted octanol–water partition coefficient (Wildman–Crippen LogP) is 3.77. The molecular formula is C20H20F3N3O5. The maximum atomic E-state index is 12.3. The van der Waals surface area contributed by atoms with Gasteiger partial charge < -0.3 is 24.5 Å². The van der Waals surface area contributed by atoms with Crippen LogP contribution in [0.15, 0.2) is 41.1 Å². The van der Waals surface area contributed by atoms with Crippen LogP contribution in [0.2, 0.25) is 0 Å². The molecule has 1 aromatic carbocycles. The van der Waals surface area contributed by atoms with Gasteiger partial charge >= 0.3 is 12.1 Å². The van der Waals surface area contributed by atoms with E-state index in [4.69, 9.17) is 19.4 Å². The lowest BCUT2D eigenvalue weighted by atomic mass is 10.2. The first-order chi connectivity index (χ1) is 14.4. The van der Waals surface area contributed by atoms with Crippen molar-refractivity contribution in [2.24, 2.45) is 0 Å². The first-order valence-electron chi connectivity index (χ1n) is 8.86. The van der Waals surface area contributed by atoms with Gasteiger partial charge in [-0.3, -0.25) is 4.79 Å². The lowest BCUT2D eigenvalue weighted by Crippen LogP contribution is -2.21. The molecule has 0 saturated carbocycles. The van der Waals surface area contributed by atoms with Crippen LogP contribution in [0.1, 0.15) is 33.3 Å². The van der Waals surface area contributed by atoms with Gasteiger partial charge in [-0.2, -0.15) is 13.2 Å². The van der Waals surface area contributed by atoms with Gasteiger partial charge in [0.05, 0.1) is 12.0 Å². The Hall–Kier alpha value is -3.60.